The maximum absolute atomic E-state index is 13.3. The van der Waals surface area contributed by atoms with Gasteiger partial charge < -0.3 is 14.8 Å². The number of esters is 2. The normalized spacial score (nSPS) is 18.1. The lowest BCUT2D eigenvalue weighted by molar-refractivity contribution is -0.140. The van der Waals surface area contributed by atoms with E-state index in [9.17, 15) is 9.59 Å². The largest absolute Gasteiger partial charge is 0.466 e. The number of carbonyl (C=O) groups is 2. The number of nitrogens with zero attached hydrogens (tertiary/aromatic N) is 1. The number of halogens is 1. The predicted octanol–water partition coefficient (Wildman–Crippen LogP) is 4.42. The number of benzene rings is 2. The van der Waals surface area contributed by atoms with Gasteiger partial charge >= 0.3 is 11.9 Å². The summed E-state index contributed by atoms with van der Waals surface area (Å²) < 4.78 is 11.6. The van der Waals surface area contributed by atoms with Crippen LogP contribution in [0.3, 0.4) is 0 Å². The van der Waals surface area contributed by atoms with E-state index in [4.69, 9.17) is 9.47 Å². The highest BCUT2D eigenvalue weighted by atomic mass is 79.9. The maximum atomic E-state index is 13.3. The van der Waals surface area contributed by atoms with Crippen LogP contribution < -0.4 is 5.32 Å². The fraction of sp³-hybridized carbons (Fsp3) is 0.308. The maximum Gasteiger partial charge on any atom is 0.336 e. The Labute approximate surface area is 202 Å². The minimum Gasteiger partial charge on any atom is -0.466 e. The van der Waals surface area contributed by atoms with E-state index in [0.29, 0.717) is 29.1 Å². The summed E-state index contributed by atoms with van der Waals surface area (Å²) >= 11 is 3.50. The molecule has 0 aliphatic carbocycles. The fourth-order valence-corrected chi connectivity index (χ4v) is 4.99. The standard InChI is InChI=1S/C26H27BrN2O4/c1-16-22(25(30)32-3)24(18-9-6-10-21(27)13-18)23(17(2)28-16)26(31)33-12-11-29-14-19-7-4-5-8-20(19)15-29/h4-10,13,24,28H,11-12,14-15H2,1-3H3. The van der Waals surface area contributed by atoms with Crippen LogP contribution >= 0.6 is 15.9 Å². The molecule has 2 aliphatic rings. The Hall–Kier alpha value is -2.90. The Kier molecular flexibility index (Phi) is 7.00. The molecule has 2 aromatic rings. The summed E-state index contributed by atoms with van der Waals surface area (Å²) in [5.74, 6) is -1.49. The molecule has 1 unspecified atom stereocenters. The summed E-state index contributed by atoms with van der Waals surface area (Å²) in [7, 11) is 1.35. The molecule has 4 rings (SSSR count). The van der Waals surface area contributed by atoms with Crippen LogP contribution in [0.2, 0.25) is 0 Å². The summed E-state index contributed by atoms with van der Waals surface area (Å²) in [6.07, 6.45) is 0. The van der Waals surface area contributed by atoms with Crippen LogP contribution in [0.5, 0.6) is 0 Å². The van der Waals surface area contributed by atoms with Gasteiger partial charge in [0, 0.05) is 35.5 Å². The van der Waals surface area contributed by atoms with E-state index in [1.54, 1.807) is 0 Å². The van der Waals surface area contributed by atoms with Crippen LogP contribution in [0.4, 0.5) is 0 Å². The molecule has 1 N–H and O–H groups in total. The van der Waals surface area contributed by atoms with E-state index < -0.39 is 17.9 Å². The third kappa shape index (κ3) is 4.89. The topological polar surface area (TPSA) is 67.9 Å². The molecule has 0 bridgehead atoms. The van der Waals surface area contributed by atoms with E-state index >= 15 is 0 Å². The molecule has 0 amide bonds. The number of dihydropyridines is 1. The van der Waals surface area contributed by atoms with E-state index in [1.807, 2.05) is 50.2 Å². The van der Waals surface area contributed by atoms with Crippen molar-refractivity contribution >= 4 is 27.9 Å². The zero-order chi connectivity index (χ0) is 23.5. The minimum atomic E-state index is -0.584. The predicted molar refractivity (Wildman–Crippen MR) is 129 cm³/mol. The van der Waals surface area contributed by atoms with Crippen LogP contribution in [0.25, 0.3) is 0 Å². The lowest BCUT2D eigenvalue weighted by Crippen LogP contribution is -2.33. The second-order valence-electron chi connectivity index (χ2n) is 8.30. The van der Waals surface area contributed by atoms with Crippen molar-refractivity contribution in [3.8, 4) is 0 Å². The molecular formula is C26H27BrN2O4. The van der Waals surface area contributed by atoms with Crippen LogP contribution in [0, 0.1) is 0 Å². The van der Waals surface area contributed by atoms with Gasteiger partial charge in [0.05, 0.1) is 24.2 Å². The monoisotopic (exact) mass is 510 g/mol. The molecular weight excluding hydrogens is 484 g/mol. The van der Waals surface area contributed by atoms with Gasteiger partial charge in [-0.25, -0.2) is 9.59 Å². The van der Waals surface area contributed by atoms with E-state index in [-0.39, 0.29) is 6.61 Å². The molecule has 2 aliphatic heterocycles. The first-order valence-corrected chi connectivity index (χ1v) is 11.7. The zero-order valence-electron chi connectivity index (χ0n) is 19.0. The van der Waals surface area contributed by atoms with Crippen molar-refractivity contribution in [2.24, 2.45) is 0 Å². The average molecular weight is 511 g/mol. The number of allylic oxidation sites excluding steroid dienone is 2. The van der Waals surface area contributed by atoms with Gasteiger partial charge in [0.1, 0.15) is 6.61 Å². The van der Waals surface area contributed by atoms with Gasteiger partial charge in [-0.1, -0.05) is 52.3 Å². The summed E-state index contributed by atoms with van der Waals surface area (Å²) in [5.41, 5.74) is 5.60. The molecule has 7 heteroatoms. The lowest BCUT2D eigenvalue weighted by Gasteiger charge is -2.30. The first-order valence-electron chi connectivity index (χ1n) is 10.9. The van der Waals surface area contributed by atoms with Crippen LogP contribution in [-0.4, -0.2) is 37.1 Å². The number of rotatable bonds is 6. The molecule has 1 atom stereocenters. The Balaban J connectivity index is 1.53. The molecule has 33 heavy (non-hydrogen) atoms. The number of methoxy groups -OCH3 is 1. The highest BCUT2D eigenvalue weighted by molar-refractivity contribution is 9.10. The van der Waals surface area contributed by atoms with E-state index in [0.717, 1.165) is 23.1 Å². The van der Waals surface area contributed by atoms with Gasteiger partial charge in [-0.2, -0.15) is 0 Å². The lowest BCUT2D eigenvalue weighted by atomic mass is 9.80. The average Bonchev–Trinajstić information content (AvgIpc) is 3.20. The number of nitrogens with one attached hydrogen (secondary N) is 1. The zero-order valence-corrected chi connectivity index (χ0v) is 20.6. The molecule has 0 radical (unpaired) electrons. The number of hydrogen-bond donors (Lipinski definition) is 1. The fourth-order valence-electron chi connectivity index (χ4n) is 4.57. The molecule has 2 heterocycles. The molecule has 0 saturated heterocycles. The van der Waals surface area contributed by atoms with Gasteiger partial charge in [-0.05, 0) is 42.7 Å². The number of hydrogen-bond acceptors (Lipinski definition) is 6. The first-order chi connectivity index (χ1) is 15.9. The first kappa shape index (κ1) is 23.3. The van der Waals surface area contributed by atoms with Crippen LogP contribution in [0.15, 0.2) is 75.5 Å². The highest BCUT2D eigenvalue weighted by Gasteiger charge is 2.38. The van der Waals surface area contributed by atoms with Crippen LogP contribution in [0.1, 0.15) is 36.5 Å². The van der Waals surface area contributed by atoms with E-state index in [2.05, 4.69) is 38.3 Å². The van der Waals surface area contributed by atoms with Crippen molar-refractivity contribution in [1.29, 1.82) is 0 Å². The minimum absolute atomic E-state index is 0.269. The summed E-state index contributed by atoms with van der Waals surface area (Å²) in [6, 6.07) is 16.0. The van der Waals surface area contributed by atoms with Crippen molar-refractivity contribution < 1.29 is 19.1 Å². The van der Waals surface area contributed by atoms with Gasteiger partial charge in [0.2, 0.25) is 0 Å². The molecule has 0 saturated carbocycles. The molecule has 6 nitrogen and oxygen atoms in total. The Morgan fingerprint density at radius 3 is 2.24 bits per heavy atom. The van der Waals surface area contributed by atoms with Gasteiger partial charge in [0.25, 0.3) is 0 Å². The van der Waals surface area contributed by atoms with Crippen molar-refractivity contribution in [1.82, 2.24) is 10.2 Å². The molecule has 172 valence electrons. The van der Waals surface area contributed by atoms with Crippen molar-refractivity contribution in [2.45, 2.75) is 32.9 Å². The molecule has 0 aromatic heterocycles. The smallest absolute Gasteiger partial charge is 0.336 e. The second kappa shape index (κ2) is 9.93. The second-order valence-corrected chi connectivity index (χ2v) is 9.21. The third-order valence-electron chi connectivity index (χ3n) is 6.11. The van der Waals surface area contributed by atoms with Gasteiger partial charge in [-0.3, -0.25) is 4.90 Å². The molecule has 0 fully saturated rings. The van der Waals surface area contributed by atoms with Gasteiger partial charge in [0.15, 0.2) is 0 Å². The van der Waals surface area contributed by atoms with Gasteiger partial charge in [-0.15, -0.1) is 0 Å². The van der Waals surface area contributed by atoms with Crippen molar-refractivity contribution in [3.05, 3.63) is 92.2 Å². The van der Waals surface area contributed by atoms with Crippen LogP contribution in [-0.2, 0) is 32.2 Å². The summed E-state index contributed by atoms with van der Waals surface area (Å²) in [5, 5.41) is 3.17. The van der Waals surface area contributed by atoms with Crippen molar-refractivity contribution in [2.75, 3.05) is 20.3 Å². The number of carbonyl (C=O) groups excluding carboxylic acids is 2. The Morgan fingerprint density at radius 1 is 1.00 bits per heavy atom. The summed E-state index contributed by atoms with van der Waals surface area (Å²) in [6.45, 7) is 6.26. The molecule has 2 aromatic carbocycles. The Morgan fingerprint density at radius 2 is 1.64 bits per heavy atom. The Bertz CT molecular complexity index is 1130. The summed E-state index contributed by atoms with van der Waals surface area (Å²) in [4.78, 5) is 28.3. The highest BCUT2D eigenvalue weighted by Crippen LogP contribution is 2.39. The number of fused-ring (bicyclic) bond motifs is 1. The molecule has 0 spiro atoms. The third-order valence-corrected chi connectivity index (χ3v) is 6.61. The quantitative estimate of drug-likeness (QED) is 0.580. The number of ether oxygens (including phenoxy) is 2. The van der Waals surface area contributed by atoms with E-state index in [1.165, 1.54) is 18.2 Å². The SMILES string of the molecule is COC(=O)C1=C(C)NC(C)=C(C(=O)OCCN2Cc3ccccc3C2)C1c1cccc(Br)c1. The van der Waals surface area contributed by atoms with Crippen molar-refractivity contribution in [3.63, 3.8) is 0 Å².